The SMILES string of the molecule is C=CC(=O)N1CCN2c3ncnc4c(F)c(-c5c(O)cccc5F)c(Cl)c(c34)OCC2C1. The van der Waals surface area contributed by atoms with Crippen LogP contribution in [0, 0.1) is 11.6 Å². The number of anilines is 1. The third kappa shape index (κ3) is 2.96. The van der Waals surface area contributed by atoms with E-state index in [4.69, 9.17) is 16.3 Å². The molecular weight excluding hydrogens is 442 g/mol. The lowest BCUT2D eigenvalue weighted by Gasteiger charge is -2.40. The van der Waals surface area contributed by atoms with Gasteiger partial charge in [0.25, 0.3) is 0 Å². The fraction of sp³-hybridized carbons (Fsp3) is 0.227. The van der Waals surface area contributed by atoms with Crippen LogP contribution >= 0.6 is 11.6 Å². The molecule has 7 nitrogen and oxygen atoms in total. The van der Waals surface area contributed by atoms with Crippen molar-refractivity contribution in [2.24, 2.45) is 0 Å². The average molecular weight is 459 g/mol. The summed E-state index contributed by atoms with van der Waals surface area (Å²) in [5, 5.41) is 10.3. The zero-order chi connectivity index (χ0) is 22.6. The minimum Gasteiger partial charge on any atom is -0.507 e. The first-order valence-electron chi connectivity index (χ1n) is 9.86. The number of ether oxygens (including phenoxy) is 1. The number of hydrogen-bond acceptors (Lipinski definition) is 6. The van der Waals surface area contributed by atoms with E-state index in [1.165, 1.54) is 24.5 Å². The summed E-state index contributed by atoms with van der Waals surface area (Å²) in [6.45, 7) is 4.88. The molecular formula is C22H17ClF2N4O3. The van der Waals surface area contributed by atoms with Gasteiger partial charge in [-0.05, 0) is 18.2 Å². The van der Waals surface area contributed by atoms with E-state index in [0.29, 0.717) is 25.5 Å². The molecule has 5 rings (SSSR count). The number of phenolic OH excluding ortho intramolecular Hbond substituents is 1. The minimum atomic E-state index is -0.889. The Bertz CT molecular complexity index is 1270. The highest BCUT2D eigenvalue weighted by atomic mass is 35.5. The Hall–Kier alpha value is -3.46. The number of phenols is 1. The fourth-order valence-corrected chi connectivity index (χ4v) is 4.63. The van der Waals surface area contributed by atoms with Gasteiger partial charge < -0.3 is 19.6 Å². The third-order valence-electron chi connectivity index (χ3n) is 5.80. The second-order valence-corrected chi connectivity index (χ2v) is 7.91. The number of halogens is 3. The largest absolute Gasteiger partial charge is 0.507 e. The van der Waals surface area contributed by atoms with Crippen molar-refractivity contribution in [2.45, 2.75) is 6.04 Å². The molecule has 1 aromatic heterocycles. The van der Waals surface area contributed by atoms with E-state index >= 15 is 4.39 Å². The van der Waals surface area contributed by atoms with Crippen molar-refractivity contribution < 1.29 is 23.4 Å². The number of rotatable bonds is 2. The van der Waals surface area contributed by atoms with Gasteiger partial charge in [0.15, 0.2) is 11.6 Å². The first-order valence-corrected chi connectivity index (χ1v) is 10.2. The van der Waals surface area contributed by atoms with Crippen LogP contribution in [0.1, 0.15) is 0 Å². The van der Waals surface area contributed by atoms with Crippen LogP contribution in [0.2, 0.25) is 5.02 Å². The van der Waals surface area contributed by atoms with Crippen molar-refractivity contribution in [3.8, 4) is 22.6 Å². The number of aromatic nitrogens is 2. The summed E-state index contributed by atoms with van der Waals surface area (Å²) < 4.78 is 36.3. The molecule has 1 fully saturated rings. The molecule has 0 saturated carbocycles. The predicted molar refractivity (Wildman–Crippen MR) is 115 cm³/mol. The van der Waals surface area contributed by atoms with Gasteiger partial charge in [-0.2, -0.15) is 0 Å². The molecule has 3 aromatic rings. The van der Waals surface area contributed by atoms with Crippen molar-refractivity contribution in [3.05, 3.63) is 53.8 Å². The van der Waals surface area contributed by atoms with Crippen LogP contribution in [0.25, 0.3) is 22.0 Å². The van der Waals surface area contributed by atoms with Crippen molar-refractivity contribution >= 4 is 34.2 Å². The van der Waals surface area contributed by atoms with E-state index in [1.807, 2.05) is 4.90 Å². The number of nitrogens with zero attached hydrogens (tertiary/aromatic N) is 4. The number of fused-ring (bicyclic) bond motifs is 2. The third-order valence-corrected chi connectivity index (χ3v) is 6.16. The minimum absolute atomic E-state index is 0.0997. The van der Waals surface area contributed by atoms with E-state index in [1.54, 1.807) is 4.90 Å². The molecule has 1 amide bonds. The lowest BCUT2D eigenvalue weighted by Crippen LogP contribution is -2.56. The van der Waals surface area contributed by atoms with Gasteiger partial charge in [0, 0.05) is 25.2 Å². The maximum Gasteiger partial charge on any atom is 0.246 e. The number of hydrogen-bond donors (Lipinski definition) is 1. The zero-order valence-corrected chi connectivity index (χ0v) is 17.4. The van der Waals surface area contributed by atoms with Gasteiger partial charge >= 0.3 is 0 Å². The van der Waals surface area contributed by atoms with Crippen molar-refractivity contribution in [1.29, 1.82) is 0 Å². The monoisotopic (exact) mass is 458 g/mol. The molecule has 2 aromatic carbocycles. The summed E-state index contributed by atoms with van der Waals surface area (Å²) >= 11 is 6.55. The van der Waals surface area contributed by atoms with Crippen molar-refractivity contribution in [3.63, 3.8) is 0 Å². The van der Waals surface area contributed by atoms with Crippen LogP contribution in [0.4, 0.5) is 14.6 Å². The summed E-state index contributed by atoms with van der Waals surface area (Å²) in [6.07, 6.45) is 2.47. The molecule has 1 N–H and O–H groups in total. The first kappa shape index (κ1) is 20.4. The van der Waals surface area contributed by atoms with E-state index in [2.05, 4.69) is 16.5 Å². The molecule has 2 aliphatic rings. The summed E-state index contributed by atoms with van der Waals surface area (Å²) in [4.78, 5) is 24.1. The molecule has 1 saturated heterocycles. The number of piperazine rings is 1. The number of aromatic hydroxyl groups is 1. The van der Waals surface area contributed by atoms with Gasteiger partial charge in [-0.15, -0.1) is 0 Å². The standard InChI is InChI=1S/C22H17ClF2N4O3/c1-2-14(31)28-6-7-29-11(8-28)9-32-21-17-20(26-10-27-22(17)29)19(25)16(18(21)23)15-12(24)4-3-5-13(15)30/h2-5,10-11,30H,1,6-9H2. The van der Waals surface area contributed by atoms with Crippen molar-refractivity contribution in [1.82, 2.24) is 14.9 Å². The Labute approximate surface area is 186 Å². The molecule has 1 unspecified atom stereocenters. The number of carbonyl (C=O) groups is 1. The van der Waals surface area contributed by atoms with Crippen LogP contribution in [0.3, 0.4) is 0 Å². The normalized spacial score (nSPS) is 17.5. The fourth-order valence-electron chi connectivity index (χ4n) is 4.31. The average Bonchev–Trinajstić information content (AvgIpc) is 2.96. The van der Waals surface area contributed by atoms with E-state index in [9.17, 15) is 14.3 Å². The van der Waals surface area contributed by atoms with E-state index in [0.717, 1.165) is 6.07 Å². The molecule has 0 radical (unpaired) electrons. The van der Waals surface area contributed by atoms with Gasteiger partial charge in [0.05, 0.1) is 22.0 Å². The predicted octanol–water partition coefficient (Wildman–Crippen LogP) is 3.53. The smallest absolute Gasteiger partial charge is 0.246 e. The second-order valence-electron chi connectivity index (χ2n) is 7.53. The lowest BCUT2D eigenvalue weighted by atomic mass is 10.00. The molecule has 32 heavy (non-hydrogen) atoms. The van der Waals surface area contributed by atoms with Gasteiger partial charge in [-0.25, -0.2) is 18.7 Å². The van der Waals surface area contributed by atoms with Crippen LogP contribution in [0.15, 0.2) is 37.2 Å². The molecule has 2 aliphatic heterocycles. The second kappa shape index (κ2) is 7.59. The van der Waals surface area contributed by atoms with Crippen LogP contribution in [0.5, 0.6) is 11.5 Å². The Morgan fingerprint density at radius 3 is 2.84 bits per heavy atom. The van der Waals surface area contributed by atoms with Gasteiger partial charge in [0.2, 0.25) is 5.91 Å². The zero-order valence-electron chi connectivity index (χ0n) is 16.7. The molecule has 0 aliphatic carbocycles. The molecule has 1 atom stereocenters. The van der Waals surface area contributed by atoms with Gasteiger partial charge in [-0.3, -0.25) is 4.79 Å². The highest BCUT2D eigenvalue weighted by molar-refractivity contribution is 6.36. The molecule has 3 heterocycles. The Balaban J connectivity index is 1.72. The number of amides is 1. The Kier molecular flexibility index (Phi) is 4.85. The molecule has 164 valence electrons. The highest BCUT2D eigenvalue weighted by Gasteiger charge is 2.37. The van der Waals surface area contributed by atoms with E-state index in [-0.39, 0.29) is 51.4 Å². The van der Waals surface area contributed by atoms with Gasteiger partial charge in [0.1, 0.15) is 35.8 Å². The Morgan fingerprint density at radius 1 is 1.28 bits per heavy atom. The maximum atomic E-state index is 15.7. The van der Waals surface area contributed by atoms with Gasteiger partial charge in [-0.1, -0.05) is 24.2 Å². The summed E-state index contributed by atoms with van der Waals surface area (Å²) in [7, 11) is 0. The number of benzene rings is 2. The maximum absolute atomic E-state index is 15.7. The van der Waals surface area contributed by atoms with Crippen LogP contribution in [-0.4, -0.2) is 58.2 Å². The Morgan fingerprint density at radius 2 is 2.09 bits per heavy atom. The summed E-state index contributed by atoms with van der Waals surface area (Å²) in [5.41, 5.74) is -0.809. The van der Waals surface area contributed by atoms with E-state index < -0.39 is 17.4 Å². The molecule has 0 bridgehead atoms. The molecule has 0 spiro atoms. The topological polar surface area (TPSA) is 78.8 Å². The lowest BCUT2D eigenvalue weighted by molar-refractivity contribution is -0.126. The van der Waals surface area contributed by atoms with Crippen LogP contribution in [-0.2, 0) is 4.79 Å². The quantitative estimate of drug-likeness (QED) is 0.592. The van der Waals surface area contributed by atoms with Crippen LogP contribution < -0.4 is 9.64 Å². The van der Waals surface area contributed by atoms with Crippen molar-refractivity contribution in [2.75, 3.05) is 31.1 Å². The summed E-state index contributed by atoms with van der Waals surface area (Å²) in [5.74, 6) is -1.86. The molecule has 10 heteroatoms. The number of carbonyl (C=O) groups excluding carboxylic acids is 1. The first-order chi connectivity index (χ1) is 15.4. The highest BCUT2D eigenvalue weighted by Crippen LogP contribution is 2.49. The summed E-state index contributed by atoms with van der Waals surface area (Å²) in [6, 6.07) is 3.38.